The van der Waals surface area contributed by atoms with Gasteiger partial charge in [0.2, 0.25) is 0 Å². The van der Waals surface area contributed by atoms with E-state index >= 15 is 0 Å². The van der Waals surface area contributed by atoms with E-state index in [4.69, 9.17) is 14.2 Å². The van der Waals surface area contributed by atoms with Gasteiger partial charge in [0.25, 0.3) is 0 Å². The lowest BCUT2D eigenvalue weighted by Crippen LogP contribution is -2.57. The van der Waals surface area contributed by atoms with Crippen LogP contribution in [0.15, 0.2) is 0 Å². The second kappa shape index (κ2) is 12.6. The van der Waals surface area contributed by atoms with Gasteiger partial charge in [0.05, 0.1) is 35.9 Å². The molecule has 14 atom stereocenters. The SMILES string of the molecule is CC[C@H]1OC(=O)[C@H](C)[C@@H](O[C@H]2C[C@H](C)[C@@H](O)[C@H](C)O2)[C@H](C)[C@@H](C)[C@](C)(O)C[C@@H](C)C(=O)[C@H](C)[C@@H](O)[C@]1(C)O. The molecule has 0 amide bonds. The number of ketones is 1. The lowest BCUT2D eigenvalue weighted by molar-refractivity contribution is -0.265. The van der Waals surface area contributed by atoms with Gasteiger partial charge in [-0.2, -0.15) is 0 Å². The number of carbonyl (C=O) groups excluding carboxylic acids is 2. The van der Waals surface area contributed by atoms with Gasteiger partial charge in [0, 0.05) is 18.3 Å². The van der Waals surface area contributed by atoms with Gasteiger partial charge in [0.15, 0.2) is 6.29 Å². The summed E-state index contributed by atoms with van der Waals surface area (Å²) in [6, 6.07) is 0. The molecule has 222 valence electrons. The average Bonchev–Trinajstić information content (AvgIpc) is 2.84. The van der Waals surface area contributed by atoms with Crippen LogP contribution in [0.4, 0.5) is 0 Å². The van der Waals surface area contributed by atoms with Gasteiger partial charge in [-0.25, -0.2) is 0 Å². The maximum atomic E-state index is 13.5. The summed E-state index contributed by atoms with van der Waals surface area (Å²) in [7, 11) is 0. The highest BCUT2D eigenvalue weighted by Gasteiger charge is 2.49. The molecule has 0 saturated carbocycles. The van der Waals surface area contributed by atoms with Gasteiger partial charge in [0.1, 0.15) is 17.5 Å². The van der Waals surface area contributed by atoms with E-state index in [1.807, 2.05) is 20.8 Å². The topological polar surface area (TPSA) is 143 Å². The molecule has 0 aromatic carbocycles. The zero-order chi connectivity index (χ0) is 29.3. The van der Waals surface area contributed by atoms with E-state index in [1.165, 1.54) is 6.92 Å². The highest BCUT2D eigenvalue weighted by atomic mass is 16.7. The summed E-state index contributed by atoms with van der Waals surface area (Å²) in [6.45, 7) is 17.2. The van der Waals surface area contributed by atoms with Crippen LogP contribution >= 0.6 is 0 Å². The quantitative estimate of drug-likeness (QED) is 0.394. The zero-order valence-electron chi connectivity index (χ0n) is 24.9. The lowest BCUT2D eigenvalue weighted by atomic mass is 9.70. The van der Waals surface area contributed by atoms with E-state index in [1.54, 1.807) is 41.5 Å². The Labute approximate surface area is 228 Å². The standard InChI is InChI=1S/C29H52O9/c1-11-21-29(10,35)26(32)17(5)23(30)15(3)13-28(9,34)19(7)16(4)25(18(6)27(33)37-21)38-22-12-14(2)24(31)20(8)36-22/h14-22,24-26,31-32,34-35H,11-13H2,1-10H3/t14-,15+,16+,17-,18+,19+,20-,21+,22-,24+,25-,26+,28+,29+/m0/s1. The Morgan fingerprint density at radius 1 is 0.974 bits per heavy atom. The van der Waals surface area contributed by atoms with Crippen LogP contribution in [-0.4, -0.2) is 80.2 Å². The van der Waals surface area contributed by atoms with Crippen molar-refractivity contribution in [2.75, 3.05) is 0 Å². The summed E-state index contributed by atoms with van der Waals surface area (Å²) in [5, 5.41) is 44.2. The van der Waals surface area contributed by atoms with Crippen molar-refractivity contribution in [3.63, 3.8) is 0 Å². The molecule has 2 fully saturated rings. The number of rotatable bonds is 3. The molecule has 2 saturated heterocycles. The number of hydrogen-bond acceptors (Lipinski definition) is 9. The fraction of sp³-hybridized carbons (Fsp3) is 0.931. The molecule has 2 aliphatic rings. The number of esters is 1. The Hall–Kier alpha value is -1.10. The van der Waals surface area contributed by atoms with E-state index in [9.17, 15) is 30.0 Å². The van der Waals surface area contributed by atoms with Gasteiger partial charge >= 0.3 is 5.97 Å². The van der Waals surface area contributed by atoms with Gasteiger partial charge in [-0.15, -0.1) is 0 Å². The van der Waals surface area contributed by atoms with E-state index in [-0.39, 0.29) is 30.5 Å². The monoisotopic (exact) mass is 544 g/mol. The maximum Gasteiger partial charge on any atom is 0.311 e. The van der Waals surface area contributed by atoms with Crippen molar-refractivity contribution >= 4 is 11.8 Å². The Morgan fingerprint density at radius 2 is 1.55 bits per heavy atom. The first-order chi connectivity index (χ1) is 17.4. The van der Waals surface area contributed by atoms with Gasteiger partial charge < -0.3 is 34.6 Å². The number of hydrogen-bond donors (Lipinski definition) is 4. The van der Waals surface area contributed by atoms with E-state index < -0.39 is 77.7 Å². The minimum absolute atomic E-state index is 0.0738. The molecular weight excluding hydrogens is 492 g/mol. The molecule has 2 aliphatic heterocycles. The molecule has 2 rings (SSSR count). The van der Waals surface area contributed by atoms with E-state index in [0.29, 0.717) is 6.42 Å². The highest BCUT2D eigenvalue weighted by Crippen LogP contribution is 2.39. The number of cyclic esters (lactones) is 1. The van der Waals surface area contributed by atoms with Crippen LogP contribution in [0.3, 0.4) is 0 Å². The van der Waals surface area contributed by atoms with Crippen LogP contribution < -0.4 is 0 Å². The summed E-state index contributed by atoms with van der Waals surface area (Å²) in [5.74, 6) is -4.05. The van der Waals surface area contributed by atoms with Crippen LogP contribution in [0.25, 0.3) is 0 Å². The molecule has 4 N–H and O–H groups in total. The zero-order valence-corrected chi connectivity index (χ0v) is 24.9. The molecular formula is C29H52O9. The Bertz CT molecular complexity index is 800. The Kier molecular flexibility index (Phi) is 11.0. The van der Waals surface area contributed by atoms with Crippen LogP contribution in [-0.2, 0) is 23.8 Å². The molecule has 2 heterocycles. The van der Waals surface area contributed by atoms with Crippen molar-refractivity contribution in [3.8, 4) is 0 Å². The average molecular weight is 545 g/mol. The van der Waals surface area contributed by atoms with Crippen molar-refractivity contribution in [1.82, 2.24) is 0 Å². The second-order valence-electron chi connectivity index (χ2n) is 12.7. The van der Waals surface area contributed by atoms with E-state index in [0.717, 1.165) is 0 Å². The molecule has 0 aliphatic carbocycles. The first-order valence-electron chi connectivity index (χ1n) is 14.2. The molecule has 0 spiro atoms. The summed E-state index contributed by atoms with van der Waals surface area (Å²) >= 11 is 0. The van der Waals surface area contributed by atoms with Crippen molar-refractivity contribution in [1.29, 1.82) is 0 Å². The summed E-state index contributed by atoms with van der Waals surface area (Å²) < 4.78 is 18.1. The normalized spacial score (nSPS) is 50.3. The van der Waals surface area contributed by atoms with Gasteiger partial charge in [-0.05, 0) is 58.3 Å². The number of ether oxygens (including phenoxy) is 3. The largest absolute Gasteiger partial charge is 0.459 e. The molecule has 0 aromatic rings. The van der Waals surface area contributed by atoms with Crippen LogP contribution in [0.5, 0.6) is 0 Å². The third-order valence-electron chi connectivity index (χ3n) is 9.46. The Morgan fingerprint density at radius 3 is 2.08 bits per heavy atom. The molecule has 38 heavy (non-hydrogen) atoms. The third kappa shape index (κ3) is 6.96. The molecule has 0 bridgehead atoms. The Balaban J connectivity index is 2.51. The molecule has 0 aromatic heterocycles. The van der Waals surface area contributed by atoms with Crippen LogP contribution in [0, 0.1) is 35.5 Å². The first kappa shape index (κ1) is 33.1. The number of Topliss-reactive ketones (excluding diaryl/α,β-unsaturated/α-hetero) is 1. The summed E-state index contributed by atoms with van der Waals surface area (Å²) in [5.41, 5.74) is -3.18. The predicted molar refractivity (Wildman–Crippen MR) is 142 cm³/mol. The lowest BCUT2D eigenvalue weighted by Gasteiger charge is -2.45. The molecule has 0 unspecified atom stereocenters. The number of carbonyl (C=O) groups is 2. The third-order valence-corrected chi connectivity index (χ3v) is 9.46. The summed E-state index contributed by atoms with van der Waals surface area (Å²) in [4.78, 5) is 26.8. The highest BCUT2D eigenvalue weighted by molar-refractivity contribution is 5.83. The van der Waals surface area contributed by atoms with Crippen molar-refractivity contribution in [2.24, 2.45) is 35.5 Å². The number of aliphatic hydroxyl groups excluding tert-OH is 2. The number of aliphatic hydroxyl groups is 4. The van der Waals surface area contributed by atoms with Crippen molar-refractivity contribution < 1.29 is 44.2 Å². The first-order valence-corrected chi connectivity index (χ1v) is 14.2. The maximum absolute atomic E-state index is 13.5. The van der Waals surface area contributed by atoms with Gasteiger partial charge in [-0.3, -0.25) is 9.59 Å². The minimum Gasteiger partial charge on any atom is -0.459 e. The molecule has 0 radical (unpaired) electrons. The fourth-order valence-corrected chi connectivity index (χ4v) is 6.30. The van der Waals surface area contributed by atoms with Crippen LogP contribution in [0.2, 0.25) is 0 Å². The van der Waals surface area contributed by atoms with Crippen molar-refractivity contribution in [3.05, 3.63) is 0 Å². The second-order valence-corrected chi connectivity index (χ2v) is 12.7. The van der Waals surface area contributed by atoms with Crippen molar-refractivity contribution in [2.45, 2.75) is 137 Å². The van der Waals surface area contributed by atoms with E-state index in [2.05, 4.69) is 0 Å². The predicted octanol–water partition coefficient (Wildman–Crippen LogP) is 2.84. The van der Waals surface area contributed by atoms with Gasteiger partial charge in [-0.1, -0.05) is 41.5 Å². The summed E-state index contributed by atoms with van der Waals surface area (Å²) in [6.07, 6.45) is -4.22. The van der Waals surface area contributed by atoms with Crippen LogP contribution in [0.1, 0.15) is 88.5 Å². The molecule has 9 heteroatoms. The molecule has 9 nitrogen and oxygen atoms in total. The fourth-order valence-electron chi connectivity index (χ4n) is 6.30. The minimum atomic E-state index is -1.88. The smallest absolute Gasteiger partial charge is 0.311 e.